The lowest BCUT2D eigenvalue weighted by Gasteiger charge is -2.32. The Morgan fingerprint density at radius 1 is 1.26 bits per heavy atom. The fourth-order valence-corrected chi connectivity index (χ4v) is 4.00. The van der Waals surface area contributed by atoms with E-state index in [4.69, 9.17) is 15.7 Å². The van der Waals surface area contributed by atoms with E-state index in [9.17, 15) is 4.79 Å². The molecule has 0 fully saturated rings. The van der Waals surface area contributed by atoms with E-state index in [1.54, 1.807) is 13.2 Å². The quantitative estimate of drug-likeness (QED) is 0.487. The fraction of sp³-hybridized carbons (Fsp3) is 0.292. The fourth-order valence-electron chi connectivity index (χ4n) is 4.00. The number of para-hydroxylation sites is 1. The van der Waals surface area contributed by atoms with Crippen molar-refractivity contribution in [1.82, 2.24) is 20.1 Å². The first-order valence-corrected chi connectivity index (χ1v) is 10.9. The number of ether oxygens (including phenoxy) is 1. The number of benzene rings is 2. The molecule has 10 nitrogen and oxygen atoms in total. The molecular formula is C24H26N8O2. The van der Waals surface area contributed by atoms with E-state index in [-0.39, 0.29) is 29.9 Å². The lowest BCUT2D eigenvalue weighted by molar-refractivity contribution is 0.0995. The van der Waals surface area contributed by atoms with Crippen molar-refractivity contribution in [1.29, 1.82) is 5.26 Å². The number of nitriles is 1. The highest BCUT2D eigenvalue weighted by atomic mass is 16.5. The largest absolute Gasteiger partial charge is 0.495 e. The molecule has 3 aromatic rings. The van der Waals surface area contributed by atoms with Gasteiger partial charge < -0.3 is 21.1 Å². The number of primary amides is 1. The van der Waals surface area contributed by atoms with Gasteiger partial charge in [-0.15, -0.1) is 10.2 Å². The van der Waals surface area contributed by atoms with Crippen LogP contribution in [0.5, 0.6) is 5.75 Å². The predicted molar refractivity (Wildman–Crippen MR) is 128 cm³/mol. The molecule has 1 atom stereocenters. The number of nitrogens with two attached hydrogens (primary N) is 1. The van der Waals surface area contributed by atoms with E-state index in [2.05, 4.69) is 50.8 Å². The number of nitrogens with one attached hydrogen (secondary N) is 2. The second-order valence-electron chi connectivity index (χ2n) is 8.10. The summed E-state index contributed by atoms with van der Waals surface area (Å²) in [4.78, 5) is 18.7. The summed E-state index contributed by atoms with van der Waals surface area (Å²) in [5.74, 6) is 0.197. The Balaban J connectivity index is 1.70. The van der Waals surface area contributed by atoms with Crippen molar-refractivity contribution in [3.63, 3.8) is 0 Å². The molecule has 2 heterocycles. The van der Waals surface area contributed by atoms with E-state index in [1.165, 1.54) is 11.1 Å². The van der Waals surface area contributed by atoms with Crippen molar-refractivity contribution in [2.24, 2.45) is 5.73 Å². The molecule has 1 aliphatic heterocycles. The lowest BCUT2D eigenvalue weighted by atomic mass is 9.93. The van der Waals surface area contributed by atoms with Gasteiger partial charge in [-0.05, 0) is 55.3 Å². The highest BCUT2D eigenvalue weighted by Gasteiger charge is 2.24. The number of fused-ring (bicyclic) bond motifs is 1. The van der Waals surface area contributed by atoms with Crippen LogP contribution >= 0.6 is 0 Å². The molecule has 0 aliphatic carbocycles. The average Bonchev–Trinajstić information content (AvgIpc) is 2.83. The highest BCUT2D eigenvalue weighted by Crippen LogP contribution is 2.37. The molecule has 0 radical (unpaired) electrons. The normalized spacial score (nSPS) is 15.2. The maximum absolute atomic E-state index is 12.0. The molecule has 10 heteroatoms. The minimum absolute atomic E-state index is 0.107. The Bertz CT molecular complexity index is 1270. The van der Waals surface area contributed by atoms with Crippen molar-refractivity contribution >= 4 is 29.0 Å². The summed E-state index contributed by atoms with van der Waals surface area (Å²) in [6.45, 7) is 3.14. The average molecular weight is 459 g/mol. The number of hydrogen-bond donors (Lipinski definition) is 3. The second-order valence-corrected chi connectivity index (χ2v) is 8.10. The highest BCUT2D eigenvalue weighted by molar-refractivity contribution is 5.96. The number of carbonyl (C=O) groups excluding carboxylic acids is 1. The SMILES string of the molecule is COc1cc2c(cc1Nc1nnc(C(N)=O)c(Nc3ccccc3CC#N)n1)C(C)N(C)CC2. The van der Waals surface area contributed by atoms with Crippen LogP contribution in [-0.2, 0) is 12.8 Å². The van der Waals surface area contributed by atoms with Crippen LogP contribution in [0.15, 0.2) is 36.4 Å². The summed E-state index contributed by atoms with van der Waals surface area (Å²) in [6.07, 6.45) is 1.13. The molecule has 4 N–H and O–H groups in total. The van der Waals surface area contributed by atoms with Gasteiger partial charge in [-0.2, -0.15) is 10.2 Å². The van der Waals surface area contributed by atoms with Crippen molar-refractivity contribution in [2.75, 3.05) is 31.3 Å². The Morgan fingerprint density at radius 3 is 2.79 bits per heavy atom. The van der Waals surface area contributed by atoms with E-state index in [1.807, 2.05) is 30.3 Å². The van der Waals surface area contributed by atoms with Crippen molar-refractivity contribution in [3.8, 4) is 11.8 Å². The summed E-state index contributed by atoms with van der Waals surface area (Å²) in [5.41, 5.74) is 9.90. The third-order valence-electron chi connectivity index (χ3n) is 6.01. The molecule has 0 saturated heterocycles. The number of carbonyl (C=O) groups is 1. The topological polar surface area (TPSA) is 142 Å². The number of nitrogens with zero attached hydrogens (tertiary/aromatic N) is 5. The summed E-state index contributed by atoms with van der Waals surface area (Å²) < 4.78 is 5.60. The summed E-state index contributed by atoms with van der Waals surface area (Å²) in [5, 5.41) is 23.4. The van der Waals surface area contributed by atoms with Gasteiger partial charge in [0.15, 0.2) is 11.5 Å². The first-order chi connectivity index (χ1) is 16.4. The van der Waals surface area contributed by atoms with Crippen molar-refractivity contribution in [3.05, 3.63) is 58.8 Å². The smallest absolute Gasteiger partial charge is 0.273 e. The third kappa shape index (κ3) is 4.60. The standard InChI is InChI=1S/C24H26N8O2/c1-14-17-13-19(20(34-3)12-16(17)9-11-32(14)2)28-24-29-23(21(22(26)33)30-31-24)27-18-7-5-4-6-15(18)8-10-25/h4-7,12-14H,8-9,11H2,1-3H3,(H2,26,33)(H2,27,28,29,31). The van der Waals surface area contributed by atoms with Gasteiger partial charge in [-0.3, -0.25) is 9.69 Å². The number of aromatic nitrogens is 3. The van der Waals surface area contributed by atoms with Gasteiger partial charge in [0.05, 0.1) is 25.3 Å². The number of anilines is 4. The van der Waals surface area contributed by atoms with Gasteiger partial charge in [0.1, 0.15) is 5.75 Å². The van der Waals surface area contributed by atoms with Gasteiger partial charge in [0.25, 0.3) is 5.91 Å². The molecule has 174 valence electrons. The number of methoxy groups -OCH3 is 1. The molecular weight excluding hydrogens is 432 g/mol. The second kappa shape index (κ2) is 9.72. The van der Waals surface area contributed by atoms with Crippen LogP contribution in [0.2, 0.25) is 0 Å². The molecule has 1 aromatic heterocycles. The first-order valence-electron chi connectivity index (χ1n) is 10.9. The molecule has 2 aromatic carbocycles. The number of likely N-dealkylation sites (N-methyl/N-ethyl adjacent to an activating group) is 1. The molecule has 0 spiro atoms. The van der Waals surface area contributed by atoms with Crippen molar-refractivity contribution < 1.29 is 9.53 Å². The van der Waals surface area contributed by atoms with Gasteiger partial charge in [0.2, 0.25) is 5.95 Å². The zero-order chi connectivity index (χ0) is 24.2. The Labute approximate surface area is 197 Å². The van der Waals surface area contributed by atoms with Crippen LogP contribution in [-0.4, -0.2) is 46.7 Å². The number of amides is 1. The Hall–Kier alpha value is -4.23. The summed E-state index contributed by atoms with van der Waals surface area (Å²) in [7, 11) is 3.71. The van der Waals surface area contributed by atoms with E-state index in [0.717, 1.165) is 18.5 Å². The summed E-state index contributed by atoms with van der Waals surface area (Å²) in [6, 6.07) is 13.7. The van der Waals surface area contributed by atoms with Crippen LogP contribution in [0.4, 0.5) is 23.1 Å². The number of rotatable bonds is 7. The van der Waals surface area contributed by atoms with Gasteiger partial charge >= 0.3 is 0 Å². The Morgan fingerprint density at radius 2 is 2.06 bits per heavy atom. The zero-order valence-corrected chi connectivity index (χ0v) is 19.3. The van der Waals surface area contributed by atoms with Crippen LogP contribution in [0, 0.1) is 11.3 Å². The maximum atomic E-state index is 12.0. The van der Waals surface area contributed by atoms with Crippen molar-refractivity contribution in [2.45, 2.75) is 25.8 Å². The molecule has 1 aliphatic rings. The monoisotopic (exact) mass is 458 g/mol. The molecule has 34 heavy (non-hydrogen) atoms. The van der Waals surface area contributed by atoms with E-state index >= 15 is 0 Å². The third-order valence-corrected chi connectivity index (χ3v) is 6.01. The maximum Gasteiger partial charge on any atom is 0.273 e. The van der Waals surface area contributed by atoms with Crippen LogP contribution in [0.1, 0.15) is 40.1 Å². The molecule has 0 saturated carbocycles. The molecule has 1 amide bonds. The molecule has 1 unspecified atom stereocenters. The summed E-state index contributed by atoms with van der Waals surface area (Å²) >= 11 is 0. The minimum atomic E-state index is -0.768. The first kappa shape index (κ1) is 22.9. The van der Waals surface area contributed by atoms with Crippen LogP contribution < -0.4 is 21.1 Å². The van der Waals surface area contributed by atoms with Crippen LogP contribution in [0.3, 0.4) is 0 Å². The zero-order valence-electron chi connectivity index (χ0n) is 19.3. The Kier molecular flexibility index (Phi) is 6.56. The van der Waals surface area contributed by atoms with E-state index in [0.29, 0.717) is 17.1 Å². The molecule has 0 bridgehead atoms. The van der Waals surface area contributed by atoms with Gasteiger partial charge in [-0.25, -0.2) is 0 Å². The van der Waals surface area contributed by atoms with Crippen LogP contribution in [0.25, 0.3) is 0 Å². The van der Waals surface area contributed by atoms with Gasteiger partial charge in [-0.1, -0.05) is 18.2 Å². The minimum Gasteiger partial charge on any atom is -0.495 e. The lowest BCUT2D eigenvalue weighted by Crippen LogP contribution is -2.30. The predicted octanol–water partition coefficient (Wildman–Crippen LogP) is 3.08. The van der Waals surface area contributed by atoms with E-state index < -0.39 is 5.91 Å². The number of hydrogen-bond acceptors (Lipinski definition) is 9. The molecule has 4 rings (SSSR count). The van der Waals surface area contributed by atoms with Gasteiger partial charge in [0, 0.05) is 18.3 Å².